The van der Waals surface area contributed by atoms with Crippen LogP contribution in [0.3, 0.4) is 0 Å². The average molecular weight is 371 g/mol. The molecule has 2 atom stereocenters. The van der Waals surface area contributed by atoms with E-state index in [0.717, 1.165) is 19.6 Å². The second-order valence-corrected chi connectivity index (χ2v) is 7.68. The van der Waals surface area contributed by atoms with Gasteiger partial charge in [0, 0.05) is 30.6 Å². The number of hydrogen-bond acceptors (Lipinski definition) is 4. The number of rotatable bonds is 6. The number of thioether (sulfide) groups is 1. The van der Waals surface area contributed by atoms with Crippen LogP contribution in [-0.4, -0.2) is 59.4 Å². The molecule has 0 aliphatic carbocycles. The summed E-state index contributed by atoms with van der Waals surface area (Å²) in [5.41, 5.74) is 2.58. The Morgan fingerprint density at radius 3 is 2.54 bits per heavy atom. The standard InChI is InChI=1S/C21H26N2O2S/c1-16-14-23(12-11-22(16)15-20(24)25)21(17-7-4-3-5-8-17)18-9-6-10-19(13-18)26-2/h3-10,13,16,21H,11-12,14-15H2,1-2H3,(H,24,25)/t16-,21+/m0/s1. The highest BCUT2D eigenvalue weighted by Gasteiger charge is 2.31. The number of benzene rings is 2. The summed E-state index contributed by atoms with van der Waals surface area (Å²) in [5, 5.41) is 9.11. The Balaban J connectivity index is 1.88. The Labute approximate surface area is 159 Å². The first-order valence-electron chi connectivity index (χ1n) is 8.97. The fraction of sp³-hybridized carbons (Fsp3) is 0.381. The van der Waals surface area contributed by atoms with E-state index in [9.17, 15) is 4.79 Å². The van der Waals surface area contributed by atoms with E-state index in [1.54, 1.807) is 11.8 Å². The summed E-state index contributed by atoms with van der Waals surface area (Å²) in [6.07, 6.45) is 2.10. The number of nitrogens with zero attached hydrogens (tertiary/aromatic N) is 2. The third-order valence-corrected chi connectivity index (χ3v) is 5.75. The molecule has 26 heavy (non-hydrogen) atoms. The highest BCUT2D eigenvalue weighted by molar-refractivity contribution is 7.98. The van der Waals surface area contributed by atoms with Crippen molar-refractivity contribution >= 4 is 17.7 Å². The molecule has 1 N–H and O–H groups in total. The molecule has 0 spiro atoms. The van der Waals surface area contributed by atoms with Gasteiger partial charge in [-0.1, -0.05) is 42.5 Å². The molecule has 2 aromatic carbocycles. The van der Waals surface area contributed by atoms with Crippen LogP contribution in [0, 0.1) is 0 Å². The molecule has 4 nitrogen and oxygen atoms in total. The Kier molecular flexibility index (Phi) is 6.35. The molecule has 0 aromatic heterocycles. The maximum absolute atomic E-state index is 11.1. The van der Waals surface area contributed by atoms with Crippen molar-refractivity contribution in [3.8, 4) is 0 Å². The molecule has 0 amide bonds. The predicted molar refractivity (Wildman–Crippen MR) is 107 cm³/mol. The quantitative estimate of drug-likeness (QED) is 0.787. The lowest BCUT2D eigenvalue weighted by Gasteiger charge is -2.43. The highest BCUT2D eigenvalue weighted by atomic mass is 32.2. The molecular formula is C21H26N2O2S. The Hall–Kier alpha value is -1.82. The number of piperazine rings is 1. The summed E-state index contributed by atoms with van der Waals surface area (Å²) in [6, 6.07) is 19.7. The van der Waals surface area contributed by atoms with Crippen LogP contribution < -0.4 is 0 Å². The molecule has 3 rings (SSSR count). The minimum atomic E-state index is -0.752. The van der Waals surface area contributed by atoms with E-state index < -0.39 is 5.97 Å². The van der Waals surface area contributed by atoms with Gasteiger partial charge in [0.25, 0.3) is 0 Å². The molecule has 2 aromatic rings. The zero-order valence-corrected chi connectivity index (χ0v) is 16.2. The molecule has 0 radical (unpaired) electrons. The van der Waals surface area contributed by atoms with Crippen molar-refractivity contribution in [2.45, 2.75) is 23.9 Å². The van der Waals surface area contributed by atoms with Gasteiger partial charge in [-0.3, -0.25) is 14.6 Å². The number of carbonyl (C=O) groups is 1. The van der Waals surface area contributed by atoms with Crippen LogP contribution in [0.2, 0.25) is 0 Å². The van der Waals surface area contributed by atoms with Crippen LogP contribution >= 0.6 is 11.8 Å². The molecule has 0 saturated carbocycles. The fourth-order valence-corrected chi connectivity index (χ4v) is 4.20. The van der Waals surface area contributed by atoms with Crippen LogP contribution in [0.25, 0.3) is 0 Å². The van der Waals surface area contributed by atoms with Gasteiger partial charge in [-0.05, 0) is 36.4 Å². The topological polar surface area (TPSA) is 43.8 Å². The molecule has 1 aliphatic heterocycles. The minimum Gasteiger partial charge on any atom is -0.480 e. The Morgan fingerprint density at radius 1 is 1.15 bits per heavy atom. The maximum Gasteiger partial charge on any atom is 0.317 e. The van der Waals surface area contributed by atoms with Gasteiger partial charge < -0.3 is 5.11 Å². The third-order valence-electron chi connectivity index (χ3n) is 5.02. The number of aliphatic carboxylic acids is 1. The van der Waals surface area contributed by atoms with Crippen molar-refractivity contribution in [2.75, 3.05) is 32.4 Å². The molecule has 0 bridgehead atoms. The van der Waals surface area contributed by atoms with Gasteiger partial charge in [-0.2, -0.15) is 0 Å². The number of carboxylic acids is 1. The lowest BCUT2D eigenvalue weighted by molar-refractivity contribution is -0.139. The molecule has 138 valence electrons. The van der Waals surface area contributed by atoms with Crippen molar-refractivity contribution in [2.24, 2.45) is 0 Å². The van der Waals surface area contributed by atoms with Crippen molar-refractivity contribution in [3.05, 3.63) is 65.7 Å². The van der Waals surface area contributed by atoms with Gasteiger partial charge in [-0.15, -0.1) is 11.8 Å². The predicted octanol–water partition coefficient (Wildman–Crippen LogP) is 3.59. The summed E-state index contributed by atoms with van der Waals surface area (Å²) in [7, 11) is 0. The normalized spacial score (nSPS) is 20.0. The second kappa shape index (κ2) is 8.71. The van der Waals surface area contributed by atoms with E-state index in [1.807, 2.05) is 6.07 Å². The Morgan fingerprint density at radius 2 is 1.88 bits per heavy atom. The first-order valence-corrected chi connectivity index (χ1v) is 10.2. The van der Waals surface area contributed by atoms with Gasteiger partial charge in [-0.25, -0.2) is 0 Å². The van der Waals surface area contributed by atoms with Crippen LogP contribution in [0.1, 0.15) is 24.1 Å². The van der Waals surface area contributed by atoms with E-state index in [1.165, 1.54) is 16.0 Å². The zero-order chi connectivity index (χ0) is 18.5. The molecule has 1 fully saturated rings. The van der Waals surface area contributed by atoms with Crippen molar-refractivity contribution < 1.29 is 9.90 Å². The van der Waals surface area contributed by atoms with Gasteiger partial charge in [0.1, 0.15) is 0 Å². The summed E-state index contributed by atoms with van der Waals surface area (Å²) in [5.74, 6) is -0.752. The first-order chi connectivity index (χ1) is 12.6. The van der Waals surface area contributed by atoms with E-state index in [-0.39, 0.29) is 18.6 Å². The van der Waals surface area contributed by atoms with Crippen molar-refractivity contribution in [1.29, 1.82) is 0 Å². The minimum absolute atomic E-state index is 0.118. The van der Waals surface area contributed by atoms with Crippen molar-refractivity contribution in [1.82, 2.24) is 9.80 Å². The van der Waals surface area contributed by atoms with Crippen LogP contribution in [0.5, 0.6) is 0 Å². The van der Waals surface area contributed by atoms with Crippen LogP contribution in [-0.2, 0) is 4.79 Å². The lowest BCUT2D eigenvalue weighted by atomic mass is 9.95. The van der Waals surface area contributed by atoms with Crippen LogP contribution in [0.15, 0.2) is 59.5 Å². The fourth-order valence-electron chi connectivity index (χ4n) is 3.73. The highest BCUT2D eigenvalue weighted by Crippen LogP contribution is 2.32. The van der Waals surface area contributed by atoms with E-state index in [0.29, 0.717) is 0 Å². The van der Waals surface area contributed by atoms with Gasteiger partial charge in [0.2, 0.25) is 0 Å². The number of carboxylic acid groups (broad SMARTS) is 1. The second-order valence-electron chi connectivity index (χ2n) is 6.80. The van der Waals surface area contributed by atoms with E-state index in [2.05, 4.69) is 71.5 Å². The molecule has 0 unspecified atom stereocenters. The van der Waals surface area contributed by atoms with Gasteiger partial charge in [0.05, 0.1) is 12.6 Å². The Bertz CT molecular complexity index is 738. The van der Waals surface area contributed by atoms with E-state index in [4.69, 9.17) is 5.11 Å². The van der Waals surface area contributed by atoms with Gasteiger partial charge in [0.15, 0.2) is 0 Å². The third kappa shape index (κ3) is 4.47. The summed E-state index contributed by atoms with van der Waals surface area (Å²) < 4.78 is 0. The molecule has 1 heterocycles. The average Bonchev–Trinajstić information content (AvgIpc) is 2.65. The molecule has 1 aliphatic rings. The summed E-state index contributed by atoms with van der Waals surface area (Å²) in [4.78, 5) is 16.9. The van der Waals surface area contributed by atoms with Gasteiger partial charge >= 0.3 is 5.97 Å². The monoisotopic (exact) mass is 370 g/mol. The number of hydrogen-bond donors (Lipinski definition) is 1. The largest absolute Gasteiger partial charge is 0.480 e. The van der Waals surface area contributed by atoms with E-state index >= 15 is 0 Å². The summed E-state index contributed by atoms with van der Waals surface area (Å²) in [6.45, 7) is 4.73. The van der Waals surface area contributed by atoms with Crippen LogP contribution in [0.4, 0.5) is 0 Å². The molecule has 5 heteroatoms. The zero-order valence-electron chi connectivity index (χ0n) is 15.3. The molecular weight excluding hydrogens is 344 g/mol. The lowest BCUT2D eigenvalue weighted by Crippen LogP contribution is -2.54. The summed E-state index contributed by atoms with van der Waals surface area (Å²) >= 11 is 1.76. The maximum atomic E-state index is 11.1. The van der Waals surface area contributed by atoms with Crippen molar-refractivity contribution in [3.63, 3.8) is 0 Å². The first kappa shape index (κ1) is 19.0. The molecule has 1 saturated heterocycles. The SMILES string of the molecule is CSc1cccc([C@@H](c2ccccc2)N2CCN(CC(=O)O)[C@@H](C)C2)c1. The smallest absolute Gasteiger partial charge is 0.317 e.